The Hall–Kier alpha value is -1.61. The van der Waals surface area contributed by atoms with Gasteiger partial charge >= 0.3 is 6.15 Å². The van der Waals surface area contributed by atoms with Gasteiger partial charge in [-0.15, -0.1) is 0 Å². The van der Waals surface area contributed by atoms with Crippen LogP contribution in [0.3, 0.4) is 0 Å². The summed E-state index contributed by atoms with van der Waals surface area (Å²) in [7, 11) is 0. The number of aryl methyl sites for hydroxylation is 1. The molecule has 11 heavy (non-hydrogen) atoms. The molecule has 1 rings (SSSR count). The average Bonchev–Trinajstić information content (AvgIpc) is 2.36. The first-order valence-electron chi connectivity index (χ1n) is 3.00. The van der Waals surface area contributed by atoms with E-state index in [9.17, 15) is 4.79 Å². The van der Waals surface area contributed by atoms with Crippen LogP contribution in [0.5, 0.6) is 0 Å². The summed E-state index contributed by atoms with van der Waals surface area (Å²) in [6, 6.07) is 0. The molecule has 1 aromatic heterocycles. The highest BCUT2D eigenvalue weighted by atomic mass is 16.2. The summed E-state index contributed by atoms with van der Waals surface area (Å²) in [5.74, 6) is 0. The molecule has 0 amide bonds. The highest BCUT2D eigenvalue weighted by molar-refractivity contribution is 5.20. The summed E-state index contributed by atoms with van der Waals surface area (Å²) in [6.07, 6.45) is 2.72. The Balaban J connectivity index is 0.000000292. The molecule has 0 saturated carbocycles. The van der Waals surface area contributed by atoms with Gasteiger partial charge in [-0.2, -0.15) is 9.59 Å². The Morgan fingerprint density at radius 1 is 1.55 bits per heavy atom. The molecule has 0 bridgehead atoms. The van der Waals surface area contributed by atoms with Gasteiger partial charge < -0.3 is 5.10 Å². The maximum atomic E-state index is 10.6. The Morgan fingerprint density at radius 2 is 2.09 bits per heavy atom. The molecular formula is C6H8N2O3. The average molecular weight is 156 g/mol. The van der Waals surface area contributed by atoms with Crippen molar-refractivity contribution >= 4 is 6.15 Å². The molecule has 60 valence electrons. The van der Waals surface area contributed by atoms with Crippen molar-refractivity contribution < 1.29 is 9.59 Å². The standard InChI is InChI=1S/C5H8N2O.CO2/c1-2-4-3-6-7-5(4)8;2-1-3/h3H,2H2,1H3,(H2,6,7,8);. The fourth-order valence-corrected chi connectivity index (χ4v) is 0.597. The molecule has 0 aliphatic carbocycles. The molecular weight excluding hydrogens is 148 g/mol. The molecule has 0 fully saturated rings. The lowest BCUT2D eigenvalue weighted by Crippen LogP contribution is -2.03. The lowest BCUT2D eigenvalue weighted by molar-refractivity contribution is -0.191. The van der Waals surface area contributed by atoms with Gasteiger partial charge in [0.15, 0.2) is 0 Å². The van der Waals surface area contributed by atoms with E-state index in [1.807, 2.05) is 6.92 Å². The third kappa shape index (κ3) is 3.17. The van der Waals surface area contributed by atoms with Gasteiger partial charge in [-0.25, -0.2) is 0 Å². The first-order chi connectivity index (χ1) is 5.26. The number of rotatable bonds is 1. The van der Waals surface area contributed by atoms with Gasteiger partial charge in [0.2, 0.25) is 0 Å². The number of hydrogen-bond donors (Lipinski definition) is 2. The number of hydrogen-bond acceptors (Lipinski definition) is 3. The summed E-state index contributed by atoms with van der Waals surface area (Å²) in [5.41, 5.74) is 0.803. The van der Waals surface area contributed by atoms with Gasteiger partial charge in [-0.3, -0.25) is 9.89 Å². The van der Waals surface area contributed by atoms with Crippen LogP contribution in [0.4, 0.5) is 0 Å². The zero-order chi connectivity index (χ0) is 8.69. The normalized spacial score (nSPS) is 7.73. The molecule has 0 unspecified atom stereocenters. The molecule has 0 aliphatic rings. The second-order valence-corrected chi connectivity index (χ2v) is 1.70. The number of aromatic amines is 2. The van der Waals surface area contributed by atoms with Gasteiger partial charge in [-0.1, -0.05) is 6.92 Å². The Labute approximate surface area is 62.4 Å². The van der Waals surface area contributed by atoms with Crippen LogP contribution in [0, 0.1) is 0 Å². The predicted octanol–water partition coefficient (Wildman–Crippen LogP) is -0.318. The summed E-state index contributed by atoms with van der Waals surface area (Å²) < 4.78 is 0. The van der Waals surface area contributed by atoms with Crippen molar-refractivity contribution in [3.8, 4) is 0 Å². The molecule has 2 N–H and O–H groups in total. The van der Waals surface area contributed by atoms with Gasteiger partial charge in [0.1, 0.15) is 0 Å². The molecule has 1 aromatic rings. The fraction of sp³-hybridized carbons (Fsp3) is 0.333. The first kappa shape index (κ1) is 9.39. The molecule has 0 aliphatic heterocycles. The van der Waals surface area contributed by atoms with E-state index < -0.39 is 0 Å². The monoisotopic (exact) mass is 156 g/mol. The van der Waals surface area contributed by atoms with Gasteiger partial charge in [-0.05, 0) is 6.42 Å². The molecule has 0 atom stereocenters. The van der Waals surface area contributed by atoms with E-state index in [0.717, 1.165) is 12.0 Å². The van der Waals surface area contributed by atoms with E-state index in [2.05, 4.69) is 10.2 Å². The van der Waals surface area contributed by atoms with Gasteiger partial charge in [0.25, 0.3) is 5.56 Å². The first-order valence-corrected chi connectivity index (χ1v) is 3.00. The highest BCUT2D eigenvalue weighted by Crippen LogP contribution is 1.83. The second-order valence-electron chi connectivity index (χ2n) is 1.70. The van der Waals surface area contributed by atoms with E-state index in [4.69, 9.17) is 9.59 Å². The minimum absolute atomic E-state index is 0.00694. The van der Waals surface area contributed by atoms with Crippen LogP contribution in [-0.4, -0.2) is 16.3 Å². The molecule has 0 aromatic carbocycles. The molecule has 5 nitrogen and oxygen atoms in total. The summed E-state index contributed by atoms with van der Waals surface area (Å²) in [5, 5.41) is 5.05. The Morgan fingerprint density at radius 3 is 2.27 bits per heavy atom. The number of nitrogens with one attached hydrogen (secondary N) is 2. The summed E-state index contributed by atoms with van der Waals surface area (Å²) in [4.78, 5) is 26.8. The van der Waals surface area contributed by atoms with E-state index in [1.165, 1.54) is 0 Å². The molecule has 1 heterocycles. The van der Waals surface area contributed by atoms with Crippen molar-refractivity contribution in [2.75, 3.05) is 0 Å². The van der Waals surface area contributed by atoms with Crippen molar-refractivity contribution in [2.24, 2.45) is 0 Å². The van der Waals surface area contributed by atoms with E-state index in [-0.39, 0.29) is 11.7 Å². The predicted molar refractivity (Wildman–Crippen MR) is 35.8 cm³/mol. The summed E-state index contributed by atoms with van der Waals surface area (Å²) >= 11 is 0. The quantitative estimate of drug-likeness (QED) is 0.584. The minimum atomic E-state index is -0.00694. The van der Waals surface area contributed by atoms with Crippen LogP contribution in [0.1, 0.15) is 12.5 Å². The van der Waals surface area contributed by atoms with Crippen molar-refractivity contribution in [3.63, 3.8) is 0 Å². The van der Waals surface area contributed by atoms with Crippen molar-refractivity contribution in [3.05, 3.63) is 22.1 Å². The molecule has 5 heteroatoms. The lowest BCUT2D eigenvalue weighted by atomic mass is 10.3. The highest BCUT2D eigenvalue weighted by Gasteiger charge is 1.92. The van der Waals surface area contributed by atoms with Crippen molar-refractivity contribution in [1.82, 2.24) is 10.2 Å². The van der Waals surface area contributed by atoms with Crippen molar-refractivity contribution in [1.29, 1.82) is 0 Å². The zero-order valence-electron chi connectivity index (χ0n) is 6.01. The Bertz CT molecular complexity index is 280. The fourth-order valence-electron chi connectivity index (χ4n) is 0.597. The second kappa shape index (κ2) is 5.20. The van der Waals surface area contributed by atoms with Crippen LogP contribution in [0.25, 0.3) is 0 Å². The van der Waals surface area contributed by atoms with Gasteiger partial charge in [0.05, 0.1) is 0 Å². The number of H-pyrrole nitrogens is 2. The lowest BCUT2D eigenvalue weighted by Gasteiger charge is -1.76. The topological polar surface area (TPSA) is 82.8 Å². The smallest absolute Gasteiger partial charge is 0.305 e. The van der Waals surface area contributed by atoms with Crippen LogP contribution in [-0.2, 0) is 16.0 Å². The van der Waals surface area contributed by atoms with E-state index in [1.54, 1.807) is 6.20 Å². The third-order valence-corrected chi connectivity index (χ3v) is 1.10. The molecule has 0 radical (unpaired) electrons. The third-order valence-electron chi connectivity index (χ3n) is 1.10. The Kier molecular flexibility index (Phi) is 4.44. The van der Waals surface area contributed by atoms with Gasteiger partial charge in [0, 0.05) is 11.8 Å². The van der Waals surface area contributed by atoms with E-state index in [0.29, 0.717) is 0 Å². The maximum absolute atomic E-state index is 10.6. The number of carbonyl (C=O) groups excluding carboxylic acids is 2. The zero-order valence-corrected chi connectivity index (χ0v) is 6.01. The largest absolute Gasteiger partial charge is 0.373 e. The van der Waals surface area contributed by atoms with Crippen LogP contribution in [0.2, 0.25) is 0 Å². The maximum Gasteiger partial charge on any atom is 0.373 e. The minimum Gasteiger partial charge on any atom is -0.305 e. The van der Waals surface area contributed by atoms with Crippen molar-refractivity contribution in [2.45, 2.75) is 13.3 Å². The summed E-state index contributed by atoms with van der Waals surface area (Å²) in [6.45, 7) is 1.94. The number of aromatic nitrogens is 2. The van der Waals surface area contributed by atoms with Crippen LogP contribution in [0.15, 0.2) is 11.0 Å². The van der Waals surface area contributed by atoms with Crippen LogP contribution >= 0.6 is 0 Å². The van der Waals surface area contributed by atoms with Crippen LogP contribution < -0.4 is 5.56 Å². The molecule has 0 spiro atoms. The SMILES string of the molecule is CCc1c[nH][nH]c1=O.O=C=O. The van der Waals surface area contributed by atoms with E-state index >= 15 is 0 Å². The molecule has 0 saturated heterocycles.